The van der Waals surface area contributed by atoms with Gasteiger partial charge in [0.1, 0.15) is 30.5 Å². The molecule has 1 heterocycles. The summed E-state index contributed by atoms with van der Waals surface area (Å²) < 4.78 is 5.63. The van der Waals surface area contributed by atoms with Crippen LogP contribution in [0.1, 0.15) is 28.4 Å². The van der Waals surface area contributed by atoms with E-state index in [0.717, 1.165) is 16.7 Å². The van der Waals surface area contributed by atoms with Crippen LogP contribution >= 0.6 is 0 Å². The van der Waals surface area contributed by atoms with E-state index in [1.54, 1.807) is 12.1 Å². The summed E-state index contributed by atoms with van der Waals surface area (Å²) in [4.78, 5) is 0. The summed E-state index contributed by atoms with van der Waals surface area (Å²) in [5, 5.41) is 48.7. The van der Waals surface area contributed by atoms with Crippen molar-refractivity contribution in [1.82, 2.24) is 0 Å². The van der Waals surface area contributed by atoms with E-state index < -0.39 is 37.1 Å². The highest BCUT2D eigenvalue weighted by Gasteiger charge is 2.43. The Morgan fingerprint density at radius 3 is 2.18 bits per heavy atom. The molecule has 7 nitrogen and oxygen atoms in total. The van der Waals surface area contributed by atoms with E-state index in [4.69, 9.17) is 15.6 Å². The molecule has 3 rings (SSSR count). The third kappa shape index (κ3) is 4.35. The molecule has 1 aliphatic rings. The SMILES string of the molecule is Nc1ccc([C@@H]2O[C@H](CO)[C@@H](O)[C@H](O)[C@H]2O)cc1Cc1ccc(CCO)cc1. The van der Waals surface area contributed by atoms with Crippen molar-refractivity contribution in [2.24, 2.45) is 0 Å². The first-order valence-corrected chi connectivity index (χ1v) is 9.32. The molecule has 1 fully saturated rings. The number of nitrogens with two attached hydrogens (primary N) is 1. The van der Waals surface area contributed by atoms with Gasteiger partial charge >= 0.3 is 0 Å². The Balaban J connectivity index is 1.82. The Hall–Kier alpha value is -2.00. The standard InChI is InChI=1S/C21H27NO6/c22-16-6-5-14(21-20(27)19(26)18(25)17(11-24)28-21)10-15(16)9-13-3-1-12(2-4-13)7-8-23/h1-6,10,17-21,23-27H,7-9,11,22H2/t17-,18-,19+,20-,21+/m1/s1. The van der Waals surface area contributed by atoms with E-state index in [-0.39, 0.29) is 6.61 Å². The monoisotopic (exact) mass is 389 g/mol. The van der Waals surface area contributed by atoms with Crippen molar-refractivity contribution in [3.05, 3.63) is 64.7 Å². The molecule has 7 heteroatoms. The molecule has 0 radical (unpaired) electrons. The summed E-state index contributed by atoms with van der Waals surface area (Å²) in [5.41, 5.74) is 10.2. The molecule has 0 aromatic heterocycles. The van der Waals surface area contributed by atoms with Crippen LogP contribution in [0.15, 0.2) is 42.5 Å². The number of hydrogen-bond donors (Lipinski definition) is 6. The Morgan fingerprint density at radius 1 is 0.857 bits per heavy atom. The van der Waals surface area contributed by atoms with Crippen LogP contribution in [0.25, 0.3) is 0 Å². The summed E-state index contributed by atoms with van der Waals surface area (Å²) >= 11 is 0. The quantitative estimate of drug-likeness (QED) is 0.380. The molecule has 0 unspecified atom stereocenters. The van der Waals surface area contributed by atoms with Crippen LogP contribution in [0.3, 0.4) is 0 Å². The molecule has 2 aromatic rings. The molecule has 0 amide bonds. The second-order valence-electron chi connectivity index (χ2n) is 7.17. The summed E-state index contributed by atoms with van der Waals surface area (Å²) in [5.74, 6) is 0. The molecule has 0 aliphatic carbocycles. The molecule has 152 valence electrons. The van der Waals surface area contributed by atoms with E-state index in [1.807, 2.05) is 30.3 Å². The average Bonchev–Trinajstić information content (AvgIpc) is 2.70. The largest absolute Gasteiger partial charge is 0.398 e. The third-order valence-electron chi connectivity index (χ3n) is 5.21. The fraction of sp³-hybridized carbons (Fsp3) is 0.429. The first kappa shape index (κ1) is 20.7. The highest BCUT2D eigenvalue weighted by Crippen LogP contribution is 2.34. The van der Waals surface area contributed by atoms with Gasteiger partial charge in [0.15, 0.2) is 0 Å². The van der Waals surface area contributed by atoms with Crippen LogP contribution in [0.2, 0.25) is 0 Å². The summed E-state index contributed by atoms with van der Waals surface area (Å²) in [7, 11) is 0. The van der Waals surface area contributed by atoms with Gasteiger partial charge < -0.3 is 36.0 Å². The van der Waals surface area contributed by atoms with Gasteiger partial charge in [0.2, 0.25) is 0 Å². The summed E-state index contributed by atoms with van der Waals surface area (Å²) in [6.45, 7) is -0.364. The molecule has 1 saturated heterocycles. The smallest absolute Gasteiger partial charge is 0.113 e. The van der Waals surface area contributed by atoms with E-state index in [0.29, 0.717) is 24.1 Å². The van der Waals surface area contributed by atoms with Gasteiger partial charge in [-0.05, 0) is 41.2 Å². The van der Waals surface area contributed by atoms with Gasteiger partial charge in [-0.3, -0.25) is 0 Å². The topological polar surface area (TPSA) is 136 Å². The zero-order chi connectivity index (χ0) is 20.3. The van der Waals surface area contributed by atoms with Crippen molar-refractivity contribution in [2.75, 3.05) is 18.9 Å². The number of ether oxygens (including phenoxy) is 1. The predicted molar refractivity (Wildman–Crippen MR) is 104 cm³/mol. The van der Waals surface area contributed by atoms with Crippen molar-refractivity contribution >= 4 is 5.69 Å². The molecular formula is C21H27NO6. The van der Waals surface area contributed by atoms with Gasteiger partial charge in [0.05, 0.1) is 6.61 Å². The maximum absolute atomic E-state index is 10.3. The van der Waals surface area contributed by atoms with Gasteiger partial charge in [-0.15, -0.1) is 0 Å². The van der Waals surface area contributed by atoms with Crippen molar-refractivity contribution in [3.8, 4) is 0 Å². The second kappa shape index (κ2) is 9.00. The van der Waals surface area contributed by atoms with Gasteiger partial charge in [-0.2, -0.15) is 0 Å². The van der Waals surface area contributed by atoms with Crippen LogP contribution in [-0.2, 0) is 17.6 Å². The van der Waals surface area contributed by atoms with Crippen LogP contribution in [0.5, 0.6) is 0 Å². The fourth-order valence-corrected chi connectivity index (χ4v) is 3.51. The van der Waals surface area contributed by atoms with Crippen LogP contribution in [0, 0.1) is 0 Å². The molecular weight excluding hydrogens is 362 g/mol. The summed E-state index contributed by atoms with van der Waals surface area (Å²) in [6, 6.07) is 13.1. The number of aliphatic hydroxyl groups excluding tert-OH is 5. The Labute approximate surface area is 163 Å². The number of benzene rings is 2. The first-order chi connectivity index (χ1) is 13.4. The highest BCUT2D eigenvalue weighted by atomic mass is 16.5. The number of aliphatic hydroxyl groups is 5. The molecule has 28 heavy (non-hydrogen) atoms. The Morgan fingerprint density at radius 2 is 1.54 bits per heavy atom. The zero-order valence-electron chi connectivity index (χ0n) is 15.5. The number of rotatable bonds is 6. The van der Waals surface area contributed by atoms with E-state index in [2.05, 4.69) is 0 Å². The average molecular weight is 389 g/mol. The van der Waals surface area contributed by atoms with E-state index in [1.165, 1.54) is 0 Å². The first-order valence-electron chi connectivity index (χ1n) is 9.32. The lowest BCUT2D eigenvalue weighted by Gasteiger charge is -2.40. The fourth-order valence-electron chi connectivity index (χ4n) is 3.51. The minimum Gasteiger partial charge on any atom is -0.398 e. The van der Waals surface area contributed by atoms with Gasteiger partial charge in [-0.1, -0.05) is 36.4 Å². The minimum atomic E-state index is -1.42. The van der Waals surface area contributed by atoms with Crippen LogP contribution in [-0.4, -0.2) is 63.2 Å². The minimum absolute atomic E-state index is 0.105. The molecule has 5 atom stereocenters. The van der Waals surface area contributed by atoms with Crippen molar-refractivity contribution in [3.63, 3.8) is 0 Å². The number of anilines is 1. The number of hydrogen-bond acceptors (Lipinski definition) is 7. The van der Waals surface area contributed by atoms with Crippen molar-refractivity contribution < 1.29 is 30.3 Å². The lowest BCUT2D eigenvalue weighted by atomic mass is 9.89. The lowest BCUT2D eigenvalue weighted by molar-refractivity contribution is -0.231. The normalized spacial score (nSPS) is 27.7. The molecule has 0 saturated carbocycles. The highest BCUT2D eigenvalue weighted by molar-refractivity contribution is 5.51. The Bertz CT molecular complexity index is 779. The maximum Gasteiger partial charge on any atom is 0.113 e. The lowest BCUT2D eigenvalue weighted by Crippen LogP contribution is -2.55. The number of nitrogen functional groups attached to an aromatic ring is 1. The predicted octanol–water partition coefficient (Wildman–Crippen LogP) is -0.0907. The molecule has 7 N–H and O–H groups in total. The van der Waals surface area contributed by atoms with Crippen molar-refractivity contribution in [1.29, 1.82) is 0 Å². The van der Waals surface area contributed by atoms with Crippen LogP contribution in [0.4, 0.5) is 5.69 Å². The van der Waals surface area contributed by atoms with Gasteiger partial charge in [0.25, 0.3) is 0 Å². The second-order valence-corrected chi connectivity index (χ2v) is 7.17. The third-order valence-corrected chi connectivity index (χ3v) is 5.21. The van der Waals surface area contributed by atoms with E-state index >= 15 is 0 Å². The van der Waals surface area contributed by atoms with Gasteiger partial charge in [0, 0.05) is 12.3 Å². The zero-order valence-corrected chi connectivity index (χ0v) is 15.5. The Kier molecular flexibility index (Phi) is 6.66. The molecule has 2 aromatic carbocycles. The van der Waals surface area contributed by atoms with Gasteiger partial charge in [-0.25, -0.2) is 0 Å². The van der Waals surface area contributed by atoms with Crippen molar-refractivity contribution in [2.45, 2.75) is 43.4 Å². The molecule has 0 spiro atoms. The van der Waals surface area contributed by atoms with E-state index in [9.17, 15) is 20.4 Å². The van der Waals surface area contributed by atoms with Crippen LogP contribution < -0.4 is 5.73 Å². The molecule has 1 aliphatic heterocycles. The summed E-state index contributed by atoms with van der Waals surface area (Å²) in [6.07, 6.45) is -4.80. The maximum atomic E-state index is 10.3. The molecule has 0 bridgehead atoms.